The van der Waals surface area contributed by atoms with E-state index >= 15 is 0 Å². The van der Waals surface area contributed by atoms with Crippen molar-refractivity contribution < 1.29 is 28.6 Å². The summed E-state index contributed by atoms with van der Waals surface area (Å²) < 4.78 is 16.3. The van der Waals surface area contributed by atoms with E-state index < -0.39 is 12.0 Å². The molecular formula is C35H36N2O6. The van der Waals surface area contributed by atoms with E-state index in [9.17, 15) is 14.4 Å². The van der Waals surface area contributed by atoms with E-state index in [0.717, 1.165) is 11.3 Å². The van der Waals surface area contributed by atoms with Gasteiger partial charge in [-0.15, -0.1) is 0 Å². The number of hydrogen-bond donors (Lipinski definition) is 1. The third-order valence-corrected chi connectivity index (χ3v) is 6.94. The first-order valence-electron chi connectivity index (χ1n) is 14.1. The van der Waals surface area contributed by atoms with Crippen LogP contribution in [0.25, 0.3) is 0 Å². The number of amides is 1. The number of carbonyl (C=O) groups excluding carboxylic acids is 3. The summed E-state index contributed by atoms with van der Waals surface area (Å²) in [6, 6.07) is 30.2. The Labute approximate surface area is 252 Å². The molecule has 4 aromatic rings. The van der Waals surface area contributed by atoms with Gasteiger partial charge in [0.05, 0.1) is 20.8 Å². The summed E-state index contributed by atoms with van der Waals surface area (Å²) in [5.74, 6) is 0.717. The van der Waals surface area contributed by atoms with Gasteiger partial charge in [-0.3, -0.25) is 9.59 Å². The number of para-hydroxylation sites is 1. The Hall–Kier alpha value is -5.11. The van der Waals surface area contributed by atoms with E-state index in [-0.39, 0.29) is 11.7 Å². The molecule has 0 aromatic heterocycles. The number of esters is 1. The van der Waals surface area contributed by atoms with E-state index in [1.54, 1.807) is 42.3 Å². The van der Waals surface area contributed by atoms with E-state index in [1.807, 2.05) is 79.7 Å². The molecule has 1 atom stereocenters. The zero-order chi connectivity index (χ0) is 30.6. The number of ketones is 1. The first-order valence-corrected chi connectivity index (χ1v) is 14.1. The van der Waals surface area contributed by atoms with Crippen molar-refractivity contribution in [2.45, 2.75) is 25.8 Å². The van der Waals surface area contributed by atoms with Crippen LogP contribution in [0, 0.1) is 0 Å². The molecule has 0 aliphatic carbocycles. The summed E-state index contributed by atoms with van der Waals surface area (Å²) >= 11 is 0. The Balaban J connectivity index is 1.41. The van der Waals surface area contributed by atoms with Gasteiger partial charge in [0.25, 0.3) is 0 Å². The van der Waals surface area contributed by atoms with Gasteiger partial charge in [-0.1, -0.05) is 67.6 Å². The summed E-state index contributed by atoms with van der Waals surface area (Å²) in [6.45, 7) is 2.49. The maximum absolute atomic E-state index is 13.2. The van der Waals surface area contributed by atoms with Crippen molar-refractivity contribution in [2.24, 2.45) is 0 Å². The minimum atomic E-state index is -0.724. The van der Waals surface area contributed by atoms with Crippen LogP contribution in [0.2, 0.25) is 0 Å². The van der Waals surface area contributed by atoms with Crippen LogP contribution in [0.4, 0.5) is 11.4 Å². The number of rotatable bonds is 14. The third kappa shape index (κ3) is 8.23. The van der Waals surface area contributed by atoms with Crippen molar-refractivity contribution in [2.75, 3.05) is 37.6 Å². The average Bonchev–Trinajstić information content (AvgIpc) is 3.06. The second-order valence-corrected chi connectivity index (χ2v) is 9.76. The molecule has 0 bridgehead atoms. The Morgan fingerprint density at radius 2 is 1.53 bits per heavy atom. The quantitative estimate of drug-likeness (QED) is 0.146. The predicted octanol–water partition coefficient (Wildman–Crippen LogP) is 5.94. The smallest absolute Gasteiger partial charge is 0.328 e. The summed E-state index contributed by atoms with van der Waals surface area (Å²) in [4.78, 5) is 40.2. The Morgan fingerprint density at radius 3 is 2.23 bits per heavy atom. The Bertz CT molecular complexity index is 1520. The molecular weight excluding hydrogens is 544 g/mol. The zero-order valence-corrected chi connectivity index (χ0v) is 24.6. The molecule has 4 aromatic carbocycles. The van der Waals surface area contributed by atoms with Gasteiger partial charge >= 0.3 is 5.97 Å². The van der Waals surface area contributed by atoms with Crippen LogP contribution in [0.1, 0.15) is 34.8 Å². The molecule has 1 unspecified atom stereocenters. The normalized spacial score (nSPS) is 11.2. The fourth-order valence-corrected chi connectivity index (χ4v) is 4.65. The fraction of sp³-hybridized carbons (Fsp3) is 0.229. The van der Waals surface area contributed by atoms with Crippen molar-refractivity contribution in [3.05, 3.63) is 120 Å². The molecule has 222 valence electrons. The van der Waals surface area contributed by atoms with Crippen molar-refractivity contribution >= 4 is 29.0 Å². The van der Waals surface area contributed by atoms with Crippen LogP contribution in [0.15, 0.2) is 103 Å². The maximum atomic E-state index is 13.2. The topological polar surface area (TPSA) is 94.2 Å². The second kappa shape index (κ2) is 15.2. The molecule has 0 saturated heterocycles. The number of methoxy groups -OCH3 is 2. The largest absolute Gasteiger partial charge is 0.497 e. The number of hydrogen-bond acceptors (Lipinski definition) is 7. The number of nitrogens with one attached hydrogen (secondary N) is 1. The standard InChI is InChI=1S/C35H36N2O6/c1-4-33(38)37(27-13-10-14-29(24-27)41-2)21-22-43-28-19-17-25(18-20-28)23-32(35(40)42-3)36-31-16-9-8-15-30(31)34(39)26-11-6-5-7-12-26/h5-20,24,32,36H,4,21-23H2,1-3H3. The van der Waals surface area contributed by atoms with Gasteiger partial charge in [0.15, 0.2) is 5.78 Å². The minimum Gasteiger partial charge on any atom is -0.497 e. The van der Waals surface area contributed by atoms with Gasteiger partial charge in [0, 0.05) is 41.4 Å². The number of ether oxygens (including phenoxy) is 3. The third-order valence-electron chi connectivity index (χ3n) is 6.94. The second-order valence-electron chi connectivity index (χ2n) is 9.76. The van der Waals surface area contributed by atoms with Crippen molar-refractivity contribution in [1.29, 1.82) is 0 Å². The highest BCUT2D eigenvalue weighted by atomic mass is 16.5. The van der Waals surface area contributed by atoms with Crippen LogP contribution in [-0.2, 0) is 20.7 Å². The first-order chi connectivity index (χ1) is 20.9. The number of nitrogens with zero attached hydrogens (tertiary/aromatic N) is 1. The van der Waals surface area contributed by atoms with Crippen LogP contribution in [-0.4, -0.2) is 51.1 Å². The van der Waals surface area contributed by atoms with Crippen LogP contribution in [0.5, 0.6) is 11.5 Å². The van der Waals surface area contributed by atoms with Crippen LogP contribution < -0.4 is 19.7 Å². The molecule has 8 heteroatoms. The molecule has 0 aliphatic heterocycles. The lowest BCUT2D eigenvalue weighted by molar-refractivity contribution is -0.141. The highest BCUT2D eigenvalue weighted by Gasteiger charge is 2.23. The van der Waals surface area contributed by atoms with Crippen LogP contribution >= 0.6 is 0 Å². The highest BCUT2D eigenvalue weighted by Crippen LogP contribution is 2.24. The van der Waals surface area contributed by atoms with Crippen molar-refractivity contribution in [1.82, 2.24) is 0 Å². The molecule has 0 fully saturated rings. The van der Waals surface area contributed by atoms with Gasteiger partial charge < -0.3 is 24.4 Å². The van der Waals surface area contributed by atoms with Gasteiger partial charge in [-0.05, 0) is 42.0 Å². The number of carbonyl (C=O) groups is 3. The lowest BCUT2D eigenvalue weighted by Crippen LogP contribution is -2.34. The average molecular weight is 581 g/mol. The molecule has 0 heterocycles. The summed E-state index contributed by atoms with van der Waals surface area (Å²) in [5, 5.41) is 3.23. The minimum absolute atomic E-state index is 0.0133. The maximum Gasteiger partial charge on any atom is 0.328 e. The SMILES string of the molecule is CCC(=O)N(CCOc1ccc(CC(Nc2ccccc2C(=O)c2ccccc2)C(=O)OC)cc1)c1cccc(OC)c1. The molecule has 0 aliphatic rings. The van der Waals surface area contributed by atoms with E-state index in [0.29, 0.717) is 54.3 Å². The van der Waals surface area contributed by atoms with Gasteiger partial charge in [-0.2, -0.15) is 0 Å². The van der Waals surface area contributed by atoms with Crippen molar-refractivity contribution in [3.63, 3.8) is 0 Å². The molecule has 1 N–H and O–H groups in total. The van der Waals surface area contributed by atoms with Gasteiger partial charge in [0.1, 0.15) is 24.1 Å². The van der Waals surface area contributed by atoms with Crippen LogP contribution in [0.3, 0.4) is 0 Å². The molecule has 8 nitrogen and oxygen atoms in total. The molecule has 4 rings (SSSR count). The number of anilines is 2. The Morgan fingerprint density at radius 1 is 0.814 bits per heavy atom. The summed E-state index contributed by atoms with van der Waals surface area (Å²) in [6.07, 6.45) is 0.696. The van der Waals surface area contributed by atoms with Gasteiger partial charge in [0.2, 0.25) is 5.91 Å². The fourth-order valence-electron chi connectivity index (χ4n) is 4.65. The Kier molecular flexibility index (Phi) is 10.9. The highest BCUT2D eigenvalue weighted by molar-refractivity contribution is 6.12. The van der Waals surface area contributed by atoms with E-state index in [4.69, 9.17) is 14.2 Å². The first kappa shape index (κ1) is 30.8. The number of benzene rings is 4. The van der Waals surface area contributed by atoms with E-state index in [2.05, 4.69) is 5.32 Å². The monoisotopic (exact) mass is 580 g/mol. The molecule has 1 amide bonds. The molecule has 0 saturated carbocycles. The summed E-state index contributed by atoms with van der Waals surface area (Å²) in [7, 11) is 2.93. The summed E-state index contributed by atoms with van der Waals surface area (Å²) in [5.41, 5.74) is 3.21. The zero-order valence-electron chi connectivity index (χ0n) is 24.6. The molecule has 43 heavy (non-hydrogen) atoms. The van der Waals surface area contributed by atoms with E-state index in [1.165, 1.54) is 7.11 Å². The molecule has 0 radical (unpaired) electrons. The molecule has 0 spiro atoms. The lowest BCUT2D eigenvalue weighted by atomic mass is 10.00. The lowest BCUT2D eigenvalue weighted by Gasteiger charge is -2.23. The van der Waals surface area contributed by atoms with Gasteiger partial charge in [-0.25, -0.2) is 4.79 Å². The predicted molar refractivity (Wildman–Crippen MR) is 167 cm³/mol. The van der Waals surface area contributed by atoms with Crippen molar-refractivity contribution in [3.8, 4) is 11.5 Å².